The van der Waals surface area contributed by atoms with Crippen LogP contribution in [0.3, 0.4) is 0 Å². The third-order valence-corrected chi connectivity index (χ3v) is 5.84. The van der Waals surface area contributed by atoms with Crippen molar-refractivity contribution in [3.8, 4) is 5.75 Å². The first-order valence-electron chi connectivity index (χ1n) is 9.55. The maximum Gasteiger partial charge on any atom is 0.245 e. The zero-order valence-electron chi connectivity index (χ0n) is 15.9. The molecule has 2 aliphatic rings. The number of hydrogen-bond acceptors (Lipinski definition) is 5. The molecule has 29 heavy (non-hydrogen) atoms. The number of ether oxygens (including phenoxy) is 1. The Morgan fingerprint density at radius 3 is 3.07 bits per heavy atom. The van der Waals surface area contributed by atoms with Gasteiger partial charge in [-0.05, 0) is 36.6 Å². The maximum absolute atomic E-state index is 12.6. The second kappa shape index (κ2) is 8.60. The van der Waals surface area contributed by atoms with Crippen LogP contribution >= 0.6 is 0 Å². The van der Waals surface area contributed by atoms with E-state index in [9.17, 15) is 9.00 Å². The highest BCUT2D eigenvalue weighted by Gasteiger charge is 2.25. The highest BCUT2D eigenvalue weighted by Crippen LogP contribution is 2.30. The van der Waals surface area contributed by atoms with Crippen molar-refractivity contribution in [2.24, 2.45) is 16.0 Å². The quantitative estimate of drug-likeness (QED) is 0.775. The molecule has 0 bridgehead atoms. The molecule has 4 rings (SSSR count). The summed E-state index contributed by atoms with van der Waals surface area (Å²) in [6.45, 7) is 1.91. The predicted octanol–water partition coefficient (Wildman–Crippen LogP) is 1.65. The SMILES string of the molecule is NC1=NS(=O)Nc2cccc(OCC3CCCN(C(=O)Cc4cccnc4)C3)c21. The number of fused-ring (bicyclic) bond motifs is 1. The summed E-state index contributed by atoms with van der Waals surface area (Å²) in [6.07, 6.45) is 5.74. The van der Waals surface area contributed by atoms with Crippen LogP contribution in [0.15, 0.2) is 47.1 Å². The van der Waals surface area contributed by atoms with Crippen molar-refractivity contribution in [1.82, 2.24) is 9.88 Å². The van der Waals surface area contributed by atoms with Crippen LogP contribution in [0.2, 0.25) is 0 Å². The topological polar surface area (TPSA) is 110 Å². The van der Waals surface area contributed by atoms with Gasteiger partial charge in [0.1, 0.15) is 11.6 Å². The van der Waals surface area contributed by atoms with Gasteiger partial charge in [0.2, 0.25) is 17.1 Å². The molecule has 3 N–H and O–H groups in total. The monoisotopic (exact) mass is 413 g/mol. The number of amides is 1. The molecular weight excluding hydrogens is 390 g/mol. The molecule has 9 heteroatoms. The van der Waals surface area contributed by atoms with Crippen LogP contribution < -0.4 is 15.2 Å². The van der Waals surface area contributed by atoms with Crippen molar-refractivity contribution >= 4 is 28.6 Å². The highest BCUT2D eigenvalue weighted by atomic mass is 32.2. The average molecular weight is 414 g/mol. The standard InChI is InChI=1S/C20H23N5O3S/c21-20-19-16(23-29(27)24-20)6-1-7-17(19)28-13-15-5-3-9-25(12-15)18(26)10-14-4-2-8-22-11-14/h1-2,4,6-8,11,15,23H,3,5,9-10,12-13H2,(H2,21,24). The Bertz CT molecular complexity index is 950. The minimum Gasteiger partial charge on any atom is -0.492 e. The lowest BCUT2D eigenvalue weighted by molar-refractivity contribution is -0.132. The van der Waals surface area contributed by atoms with E-state index in [0.29, 0.717) is 36.6 Å². The number of anilines is 1. The van der Waals surface area contributed by atoms with Gasteiger partial charge in [-0.15, -0.1) is 0 Å². The maximum atomic E-state index is 12.6. The molecule has 8 nitrogen and oxygen atoms in total. The molecule has 0 radical (unpaired) electrons. The molecule has 3 heterocycles. The van der Waals surface area contributed by atoms with Crippen molar-refractivity contribution in [3.05, 3.63) is 53.9 Å². The third kappa shape index (κ3) is 4.56. The fraction of sp³-hybridized carbons (Fsp3) is 0.350. The van der Waals surface area contributed by atoms with E-state index in [2.05, 4.69) is 14.1 Å². The first-order chi connectivity index (χ1) is 14.1. The van der Waals surface area contributed by atoms with Crippen molar-refractivity contribution in [2.45, 2.75) is 19.3 Å². The Morgan fingerprint density at radius 2 is 2.24 bits per heavy atom. The summed E-state index contributed by atoms with van der Waals surface area (Å²) in [6, 6.07) is 9.20. The molecule has 1 aromatic carbocycles. The number of likely N-dealkylation sites (tertiary alicyclic amines) is 1. The number of nitrogens with two attached hydrogens (primary N) is 1. The van der Waals surface area contributed by atoms with E-state index in [-0.39, 0.29) is 17.7 Å². The normalized spacial score (nSPS) is 21.0. The van der Waals surface area contributed by atoms with Crippen LogP contribution in [0.1, 0.15) is 24.0 Å². The zero-order valence-corrected chi connectivity index (χ0v) is 16.7. The van der Waals surface area contributed by atoms with Gasteiger partial charge < -0.3 is 15.4 Å². The number of carbonyl (C=O) groups excluding carboxylic acids is 1. The minimum absolute atomic E-state index is 0.114. The Balaban J connectivity index is 1.38. The Kier molecular flexibility index (Phi) is 5.75. The number of carbonyl (C=O) groups is 1. The molecule has 1 saturated heterocycles. The lowest BCUT2D eigenvalue weighted by Gasteiger charge is -2.33. The molecule has 152 valence electrons. The van der Waals surface area contributed by atoms with Gasteiger partial charge in [-0.25, -0.2) is 4.21 Å². The van der Waals surface area contributed by atoms with Crippen LogP contribution in [-0.2, 0) is 22.4 Å². The molecule has 2 aliphatic heterocycles. The zero-order chi connectivity index (χ0) is 20.2. The van der Waals surface area contributed by atoms with Crippen LogP contribution in [0.25, 0.3) is 0 Å². The number of hydrogen-bond donors (Lipinski definition) is 2. The summed E-state index contributed by atoms with van der Waals surface area (Å²) in [4.78, 5) is 18.6. The lowest BCUT2D eigenvalue weighted by atomic mass is 9.98. The first-order valence-corrected chi connectivity index (χ1v) is 10.7. The molecule has 2 atom stereocenters. The summed E-state index contributed by atoms with van der Waals surface area (Å²) in [5.41, 5.74) is 8.16. The van der Waals surface area contributed by atoms with E-state index in [0.717, 1.165) is 24.9 Å². The number of aromatic nitrogens is 1. The van der Waals surface area contributed by atoms with Crippen LogP contribution in [0.5, 0.6) is 5.75 Å². The number of amidine groups is 1. The molecule has 1 fully saturated rings. The van der Waals surface area contributed by atoms with Crippen LogP contribution in [-0.4, -0.2) is 45.5 Å². The van der Waals surface area contributed by atoms with E-state index in [1.165, 1.54) is 0 Å². The molecule has 0 aliphatic carbocycles. The van der Waals surface area contributed by atoms with E-state index in [1.807, 2.05) is 29.2 Å². The smallest absolute Gasteiger partial charge is 0.245 e. The number of pyridine rings is 1. The number of nitrogens with one attached hydrogen (secondary N) is 1. The largest absolute Gasteiger partial charge is 0.492 e. The van der Waals surface area contributed by atoms with E-state index < -0.39 is 11.2 Å². The lowest BCUT2D eigenvalue weighted by Crippen LogP contribution is -2.42. The molecular formula is C20H23N5O3S. The molecule has 2 unspecified atom stereocenters. The van der Waals surface area contributed by atoms with Gasteiger partial charge in [-0.2, -0.15) is 4.40 Å². The molecule has 1 amide bonds. The van der Waals surface area contributed by atoms with Crippen molar-refractivity contribution in [3.63, 3.8) is 0 Å². The van der Waals surface area contributed by atoms with Crippen LogP contribution in [0, 0.1) is 5.92 Å². The van der Waals surface area contributed by atoms with E-state index in [4.69, 9.17) is 10.5 Å². The number of rotatable bonds is 5. The first kappa shape index (κ1) is 19.4. The number of piperidine rings is 1. The van der Waals surface area contributed by atoms with Crippen molar-refractivity contribution < 1.29 is 13.7 Å². The van der Waals surface area contributed by atoms with Gasteiger partial charge in [0.05, 0.1) is 24.3 Å². The highest BCUT2D eigenvalue weighted by molar-refractivity contribution is 7.85. The van der Waals surface area contributed by atoms with Crippen molar-refractivity contribution in [2.75, 3.05) is 24.4 Å². The third-order valence-electron chi connectivity index (χ3n) is 5.09. The number of benzene rings is 1. The van der Waals surface area contributed by atoms with Gasteiger partial charge in [0.15, 0.2) is 0 Å². The van der Waals surface area contributed by atoms with Gasteiger partial charge in [-0.3, -0.25) is 14.5 Å². The molecule has 0 saturated carbocycles. The van der Waals surface area contributed by atoms with Gasteiger partial charge in [0.25, 0.3) is 0 Å². The van der Waals surface area contributed by atoms with E-state index in [1.54, 1.807) is 18.5 Å². The summed E-state index contributed by atoms with van der Waals surface area (Å²) in [5.74, 6) is 1.15. The molecule has 2 aromatic rings. The van der Waals surface area contributed by atoms with Crippen LogP contribution in [0.4, 0.5) is 5.69 Å². The average Bonchev–Trinajstić information content (AvgIpc) is 2.72. The summed E-state index contributed by atoms with van der Waals surface area (Å²) in [7, 11) is 0. The number of nitrogens with zero attached hydrogens (tertiary/aromatic N) is 3. The Hall–Kier alpha value is -2.94. The fourth-order valence-corrected chi connectivity index (χ4v) is 4.35. The summed E-state index contributed by atoms with van der Waals surface area (Å²) < 4.78 is 24.3. The minimum atomic E-state index is -1.57. The summed E-state index contributed by atoms with van der Waals surface area (Å²) >= 11 is -1.57. The van der Waals surface area contributed by atoms with Gasteiger partial charge in [0, 0.05) is 31.4 Å². The Labute approximate surface area is 171 Å². The van der Waals surface area contributed by atoms with Gasteiger partial charge in [-0.1, -0.05) is 12.1 Å². The summed E-state index contributed by atoms with van der Waals surface area (Å²) in [5, 5.41) is 0. The Morgan fingerprint density at radius 1 is 1.34 bits per heavy atom. The van der Waals surface area contributed by atoms with Gasteiger partial charge >= 0.3 is 0 Å². The molecule has 0 spiro atoms. The van der Waals surface area contributed by atoms with Crippen molar-refractivity contribution in [1.29, 1.82) is 0 Å². The predicted molar refractivity (Wildman–Crippen MR) is 112 cm³/mol. The fourth-order valence-electron chi connectivity index (χ4n) is 3.68. The second-order valence-corrected chi connectivity index (χ2v) is 8.09. The second-order valence-electron chi connectivity index (χ2n) is 7.20. The van der Waals surface area contributed by atoms with E-state index >= 15 is 0 Å². The molecule has 1 aromatic heterocycles.